The van der Waals surface area contributed by atoms with Gasteiger partial charge < -0.3 is 10.2 Å². The van der Waals surface area contributed by atoms with Crippen molar-refractivity contribution in [2.75, 3.05) is 23.3 Å². The number of aromatic nitrogens is 3. The molecule has 0 bridgehead atoms. The van der Waals surface area contributed by atoms with Crippen molar-refractivity contribution < 1.29 is 0 Å². The van der Waals surface area contributed by atoms with Gasteiger partial charge in [-0.15, -0.1) is 0 Å². The zero-order valence-electron chi connectivity index (χ0n) is 12.9. The fraction of sp³-hybridized carbons (Fsp3) is 0.278. The van der Waals surface area contributed by atoms with Crippen molar-refractivity contribution >= 4 is 22.4 Å². The maximum absolute atomic E-state index is 4.60. The minimum atomic E-state index is 0.502. The quantitative estimate of drug-likeness (QED) is 0.806. The monoisotopic (exact) mass is 305 g/mol. The number of anilines is 2. The summed E-state index contributed by atoms with van der Waals surface area (Å²) in [4.78, 5) is 15.4. The number of rotatable bonds is 3. The van der Waals surface area contributed by atoms with Crippen molar-refractivity contribution in [3.63, 3.8) is 0 Å². The number of fused-ring (bicyclic) bond motifs is 1. The Balaban J connectivity index is 1.47. The Hall–Kier alpha value is -2.69. The van der Waals surface area contributed by atoms with E-state index in [-0.39, 0.29) is 0 Å². The average molecular weight is 305 g/mol. The number of hydrogen-bond acceptors (Lipinski definition) is 5. The van der Waals surface area contributed by atoms with Gasteiger partial charge in [0.2, 0.25) is 0 Å². The first-order chi connectivity index (χ1) is 11.4. The molecule has 1 fully saturated rings. The highest BCUT2D eigenvalue weighted by Gasteiger charge is 2.21. The molecule has 0 aromatic carbocycles. The van der Waals surface area contributed by atoms with Gasteiger partial charge in [0, 0.05) is 55.0 Å². The summed E-state index contributed by atoms with van der Waals surface area (Å²) in [6, 6.07) is 10.6. The van der Waals surface area contributed by atoms with Crippen LogP contribution in [0.15, 0.2) is 55.1 Å². The summed E-state index contributed by atoms with van der Waals surface area (Å²) in [6.45, 7) is 2.01. The first kappa shape index (κ1) is 13.9. The van der Waals surface area contributed by atoms with Crippen LogP contribution in [0, 0.1) is 0 Å². The average Bonchev–Trinajstić information content (AvgIpc) is 2.63. The number of piperidine rings is 1. The Labute approximate surface area is 135 Å². The molecule has 0 amide bonds. The Morgan fingerprint density at radius 2 is 1.74 bits per heavy atom. The molecule has 3 aromatic heterocycles. The summed E-state index contributed by atoms with van der Waals surface area (Å²) < 4.78 is 0. The molecular weight excluding hydrogens is 286 g/mol. The summed E-state index contributed by atoms with van der Waals surface area (Å²) in [5.74, 6) is 1.05. The predicted octanol–water partition coefficient (Wildman–Crippen LogP) is 3.11. The standard InChI is InChI=1S/C18H19N5/c1-2-16-17(20-8-1)5-11-21-18(16)23-12-6-15(7-13-23)22-14-3-9-19-10-4-14/h1-5,8-11,15H,6-7,12-13H2,(H,19,22). The van der Waals surface area contributed by atoms with Crippen molar-refractivity contribution in [3.05, 3.63) is 55.1 Å². The number of nitrogens with one attached hydrogen (secondary N) is 1. The predicted molar refractivity (Wildman–Crippen MR) is 92.6 cm³/mol. The van der Waals surface area contributed by atoms with Gasteiger partial charge in [-0.05, 0) is 43.2 Å². The Kier molecular flexibility index (Phi) is 3.76. The van der Waals surface area contributed by atoms with E-state index in [0.29, 0.717) is 6.04 Å². The summed E-state index contributed by atoms with van der Waals surface area (Å²) in [5, 5.41) is 4.73. The first-order valence-corrected chi connectivity index (χ1v) is 8.01. The molecule has 0 radical (unpaired) electrons. The second-order valence-electron chi connectivity index (χ2n) is 5.85. The molecule has 3 aromatic rings. The van der Waals surface area contributed by atoms with E-state index in [1.54, 1.807) is 0 Å². The number of nitrogens with zero attached hydrogens (tertiary/aromatic N) is 4. The molecule has 1 aliphatic heterocycles. The van der Waals surface area contributed by atoms with Crippen LogP contribution in [0.2, 0.25) is 0 Å². The van der Waals surface area contributed by atoms with Gasteiger partial charge in [-0.25, -0.2) is 4.98 Å². The molecule has 1 saturated heterocycles. The van der Waals surface area contributed by atoms with Gasteiger partial charge in [-0.3, -0.25) is 9.97 Å². The van der Waals surface area contributed by atoms with E-state index >= 15 is 0 Å². The molecular formula is C18H19N5. The maximum atomic E-state index is 4.60. The Bertz CT molecular complexity index is 776. The molecule has 1 aliphatic rings. The van der Waals surface area contributed by atoms with Crippen LogP contribution in [0.4, 0.5) is 11.5 Å². The Morgan fingerprint density at radius 1 is 0.913 bits per heavy atom. The van der Waals surface area contributed by atoms with Gasteiger partial charge in [-0.2, -0.15) is 0 Å². The topological polar surface area (TPSA) is 53.9 Å². The molecule has 0 unspecified atom stereocenters. The molecule has 5 heteroatoms. The fourth-order valence-electron chi connectivity index (χ4n) is 3.16. The lowest BCUT2D eigenvalue weighted by molar-refractivity contribution is 0.524. The van der Waals surface area contributed by atoms with Crippen LogP contribution in [-0.2, 0) is 0 Å². The second kappa shape index (κ2) is 6.20. The van der Waals surface area contributed by atoms with Crippen molar-refractivity contribution in [1.82, 2.24) is 15.0 Å². The Morgan fingerprint density at radius 3 is 2.57 bits per heavy atom. The first-order valence-electron chi connectivity index (χ1n) is 8.01. The van der Waals surface area contributed by atoms with Gasteiger partial charge in [-0.1, -0.05) is 0 Å². The van der Waals surface area contributed by atoms with Crippen LogP contribution in [0.25, 0.3) is 10.9 Å². The minimum Gasteiger partial charge on any atom is -0.382 e. The van der Waals surface area contributed by atoms with E-state index < -0.39 is 0 Å². The van der Waals surface area contributed by atoms with Gasteiger partial charge in [0.25, 0.3) is 0 Å². The molecule has 4 heterocycles. The van der Waals surface area contributed by atoms with E-state index in [1.165, 1.54) is 0 Å². The lowest BCUT2D eigenvalue weighted by Crippen LogP contribution is -2.39. The second-order valence-corrected chi connectivity index (χ2v) is 5.85. The highest BCUT2D eigenvalue weighted by molar-refractivity contribution is 5.89. The minimum absolute atomic E-state index is 0.502. The molecule has 0 aliphatic carbocycles. The molecule has 5 nitrogen and oxygen atoms in total. The molecule has 4 rings (SSSR count). The van der Waals surface area contributed by atoms with Crippen LogP contribution < -0.4 is 10.2 Å². The molecule has 0 spiro atoms. The normalized spacial score (nSPS) is 15.7. The zero-order chi connectivity index (χ0) is 15.5. The lowest BCUT2D eigenvalue weighted by atomic mass is 10.0. The lowest BCUT2D eigenvalue weighted by Gasteiger charge is -2.34. The van der Waals surface area contributed by atoms with Gasteiger partial charge in [0.15, 0.2) is 0 Å². The highest BCUT2D eigenvalue weighted by atomic mass is 15.2. The van der Waals surface area contributed by atoms with Gasteiger partial charge in [0.05, 0.1) is 5.52 Å². The number of pyridine rings is 3. The maximum Gasteiger partial charge on any atom is 0.137 e. The van der Waals surface area contributed by atoms with Crippen LogP contribution in [-0.4, -0.2) is 34.1 Å². The molecule has 116 valence electrons. The number of hydrogen-bond donors (Lipinski definition) is 1. The molecule has 23 heavy (non-hydrogen) atoms. The van der Waals surface area contributed by atoms with Crippen molar-refractivity contribution in [2.45, 2.75) is 18.9 Å². The van der Waals surface area contributed by atoms with Crippen LogP contribution in [0.5, 0.6) is 0 Å². The summed E-state index contributed by atoms with van der Waals surface area (Å²) >= 11 is 0. The van der Waals surface area contributed by atoms with Crippen molar-refractivity contribution in [3.8, 4) is 0 Å². The summed E-state index contributed by atoms with van der Waals surface area (Å²) in [5.41, 5.74) is 2.15. The van der Waals surface area contributed by atoms with Gasteiger partial charge in [0.1, 0.15) is 5.82 Å². The van der Waals surface area contributed by atoms with Crippen LogP contribution in [0.3, 0.4) is 0 Å². The third-order valence-electron chi connectivity index (χ3n) is 4.35. The van der Waals surface area contributed by atoms with E-state index in [0.717, 1.165) is 48.3 Å². The van der Waals surface area contributed by atoms with Crippen LogP contribution in [0.1, 0.15) is 12.8 Å². The van der Waals surface area contributed by atoms with Gasteiger partial charge >= 0.3 is 0 Å². The smallest absolute Gasteiger partial charge is 0.137 e. The van der Waals surface area contributed by atoms with E-state index in [2.05, 4.69) is 31.2 Å². The van der Waals surface area contributed by atoms with Crippen molar-refractivity contribution in [2.24, 2.45) is 0 Å². The molecule has 1 N–H and O–H groups in total. The van der Waals surface area contributed by atoms with E-state index in [1.807, 2.05) is 49.1 Å². The molecule has 0 saturated carbocycles. The van der Waals surface area contributed by atoms with Crippen molar-refractivity contribution in [1.29, 1.82) is 0 Å². The van der Waals surface area contributed by atoms with E-state index in [4.69, 9.17) is 0 Å². The van der Waals surface area contributed by atoms with Crippen LogP contribution >= 0.6 is 0 Å². The summed E-state index contributed by atoms with van der Waals surface area (Å²) in [6.07, 6.45) is 9.53. The SMILES string of the molecule is c1cnc2ccnc(N3CCC(Nc4ccncc4)CC3)c2c1. The fourth-order valence-corrected chi connectivity index (χ4v) is 3.16. The third-order valence-corrected chi connectivity index (χ3v) is 4.35. The van der Waals surface area contributed by atoms with E-state index in [9.17, 15) is 0 Å². The highest BCUT2D eigenvalue weighted by Crippen LogP contribution is 2.26. The summed E-state index contributed by atoms with van der Waals surface area (Å²) in [7, 11) is 0. The largest absolute Gasteiger partial charge is 0.382 e. The zero-order valence-corrected chi connectivity index (χ0v) is 12.9. The molecule has 0 atom stereocenters. The third kappa shape index (κ3) is 2.95.